The van der Waals surface area contributed by atoms with Gasteiger partial charge < -0.3 is 15.4 Å². The molecule has 1 saturated carbocycles. The fourth-order valence-electron chi connectivity index (χ4n) is 2.99. The van der Waals surface area contributed by atoms with Crippen LogP contribution in [0.2, 0.25) is 0 Å². The highest BCUT2D eigenvalue weighted by Crippen LogP contribution is 2.38. The van der Waals surface area contributed by atoms with Gasteiger partial charge in [-0.1, -0.05) is 0 Å². The highest BCUT2D eigenvalue weighted by molar-refractivity contribution is 5.95. The first kappa shape index (κ1) is 13.4. The Bertz CT molecular complexity index is 511. The summed E-state index contributed by atoms with van der Waals surface area (Å²) >= 11 is 0. The van der Waals surface area contributed by atoms with Gasteiger partial charge in [-0.25, -0.2) is 0 Å². The minimum atomic E-state index is 0.0110. The van der Waals surface area contributed by atoms with E-state index in [0.29, 0.717) is 5.92 Å². The van der Waals surface area contributed by atoms with Gasteiger partial charge in [-0.15, -0.1) is 0 Å². The maximum Gasteiger partial charge on any atom is 0.251 e. The van der Waals surface area contributed by atoms with Crippen molar-refractivity contribution in [2.75, 3.05) is 19.0 Å². The van der Waals surface area contributed by atoms with Crippen LogP contribution in [0.3, 0.4) is 0 Å². The molecule has 2 atom stereocenters. The van der Waals surface area contributed by atoms with E-state index in [-0.39, 0.29) is 18.1 Å². The third-order valence-electron chi connectivity index (χ3n) is 4.30. The van der Waals surface area contributed by atoms with Crippen molar-refractivity contribution in [2.24, 2.45) is 5.92 Å². The van der Waals surface area contributed by atoms with Crippen LogP contribution in [-0.2, 0) is 4.74 Å². The van der Waals surface area contributed by atoms with Crippen LogP contribution < -0.4 is 10.6 Å². The average Bonchev–Trinajstić information content (AvgIpc) is 3.19. The van der Waals surface area contributed by atoms with Gasteiger partial charge in [-0.05, 0) is 55.9 Å². The van der Waals surface area contributed by atoms with E-state index in [2.05, 4.69) is 10.6 Å². The SMILES string of the molecule is CNc1ccc(C(=O)NC2CCOC2C2CC2)cc1C. The summed E-state index contributed by atoms with van der Waals surface area (Å²) in [5.74, 6) is 0.674. The number of anilines is 1. The van der Waals surface area contributed by atoms with E-state index in [1.54, 1.807) is 0 Å². The molecule has 20 heavy (non-hydrogen) atoms. The number of benzene rings is 1. The van der Waals surface area contributed by atoms with E-state index in [9.17, 15) is 4.79 Å². The summed E-state index contributed by atoms with van der Waals surface area (Å²) in [6, 6.07) is 5.94. The molecule has 3 rings (SSSR count). The van der Waals surface area contributed by atoms with E-state index in [1.807, 2.05) is 32.2 Å². The van der Waals surface area contributed by atoms with Crippen LogP contribution in [0, 0.1) is 12.8 Å². The Morgan fingerprint density at radius 2 is 2.10 bits per heavy atom. The molecule has 1 aliphatic carbocycles. The number of carbonyl (C=O) groups excluding carboxylic acids is 1. The van der Waals surface area contributed by atoms with Crippen molar-refractivity contribution < 1.29 is 9.53 Å². The molecule has 1 aromatic carbocycles. The van der Waals surface area contributed by atoms with Crippen LogP contribution in [0.15, 0.2) is 18.2 Å². The normalized spacial score (nSPS) is 25.5. The number of carbonyl (C=O) groups is 1. The standard InChI is InChI=1S/C16H22N2O2/c1-10-9-12(5-6-13(10)17-2)16(19)18-14-7-8-20-15(14)11-3-4-11/h5-6,9,11,14-15,17H,3-4,7-8H2,1-2H3,(H,18,19). The van der Waals surface area contributed by atoms with Crippen LogP contribution in [0.5, 0.6) is 0 Å². The van der Waals surface area contributed by atoms with Gasteiger partial charge in [0.05, 0.1) is 12.1 Å². The summed E-state index contributed by atoms with van der Waals surface area (Å²) in [6.07, 6.45) is 3.65. The molecule has 0 spiro atoms. The second kappa shape index (κ2) is 5.44. The molecule has 1 aromatic rings. The van der Waals surface area contributed by atoms with Gasteiger partial charge in [0, 0.05) is 24.9 Å². The van der Waals surface area contributed by atoms with E-state index < -0.39 is 0 Å². The van der Waals surface area contributed by atoms with Crippen LogP contribution in [-0.4, -0.2) is 31.7 Å². The number of hydrogen-bond donors (Lipinski definition) is 2. The van der Waals surface area contributed by atoms with Gasteiger partial charge in [0.2, 0.25) is 0 Å². The summed E-state index contributed by atoms with van der Waals surface area (Å²) in [4.78, 5) is 12.4. The maximum atomic E-state index is 12.4. The molecule has 1 heterocycles. The minimum Gasteiger partial charge on any atom is -0.388 e. The lowest BCUT2D eigenvalue weighted by Gasteiger charge is -2.19. The zero-order chi connectivity index (χ0) is 14.1. The molecule has 4 heteroatoms. The highest BCUT2D eigenvalue weighted by atomic mass is 16.5. The molecule has 0 radical (unpaired) electrons. The van der Waals surface area contributed by atoms with E-state index in [1.165, 1.54) is 12.8 Å². The Kier molecular flexibility index (Phi) is 3.66. The number of amides is 1. The first-order valence-corrected chi connectivity index (χ1v) is 7.40. The first-order valence-electron chi connectivity index (χ1n) is 7.40. The molecule has 2 unspecified atom stereocenters. The Morgan fingerprint density at radius 1 is 1.30 bits per heavy atom. The van der Waals surface area contributed by atoms with Crippen LogP contribution in [0.1, 0.15) is 35.2 Å². The summed E-state index contributed by atoms with van der Waals surface area (Å²) in [5.41, 5.74) is 2.87. The molecule has 0 aromatic heterocycles. The van der Waals surface area contributed by atoms with E-state index >= 15 is 0 Å². The van der Waals surface area contributed by atoms with Gasteiger partial charge in [0.15, 0.2) is 0 Å². The van der Waals surface area contributed by atoms with Gasteiger partial charge in [-0.3, -0.25) is 4.79 Å². The van der Waals surface area contributed by atoms with Crippen molar-refractivity contribution in [3.63, 3.8) is 0 Å². The lowest BCUT2D eigenvalue weighted by atomic mass is 10.0. The number of ether oxygens (including phenoxy) is 1. The highest BCUT2D eigenvalue weighted by Gasteiger charge is 2.41. The van der Waals surface area contributed by atoms with Gasteiger partial charge in [0.1, 0.15) is 0 Å². The molecule has 1 saturated heterocycles. The maximum absolute atomic E-state index is 12.4. The summed E-state index contributed by atoms with van der Waals surface area (Å²) in [7, 11) is 1.89. The van der Waals surface area contributed by atoms with Crippen LogP contribution in [0.4, 0.5) is 5.69 Å². The third kappa shape index (κ3) is 2.66. The van der Waals surface area contributed by atoms with Gasteiger partial charge >= 0.3 is 0 Å². The molecule has 0 bridgehead atoms. The first-order chi connectivity index (χ1) is 9.69. The van der Waals surface area contributed by atoms with Gasteiger partial charge in [0.25, 0.3) is 5.91 Å². The second-order valence-corrected chi connectivity index (χ2v) is 5.82. The fraction of sp³-hybridized carbons (Fsp3) is 0.562. The summed E-state index contributed by atoms with van der Waals surface area (Å²) in [5, 5.41) is 6.26. The zero-order valence-corrected chi connectivity index (χ0v) is 12.1. The summed E-state index contributed by atoms with van der Waals surface area (Å²) < 4.78 is 5.76. The van der Waals surface area contributed by atoms with Crippen molar-refractivity contribution in [1.29, 1.82) is 0 Å². The average molecular weight is 274 g/mol. The van der Waals surface area contributed by atoms with Gasteiger partial charge in [-0.2, -0.15) is 0 Å². The molecular formula is C16H22N2O2. The van der Waals surface area contributed by atoms with Crippen LogP contribution >= 0.6 is 0 Å². The Labute approximate surface area is 119 Å². The van der Waals surface area contributed by atoms with Crippen molar-refractivity contribution in [1.82, 2.24) is 5.32 Å². The Balaban J connectivity index is 1.68. The molecular weight excluding hydrogens is 252 g/mol. The van der Waals surface area contributed by atoms with Crippen molar-refractivity contribution >= 4 is 11.6 Å². The quantitative estimate of drug-likeness (QED) is 0.886. The monoisotopic (exact) mass is 274 g/mol. The smallest absolute Gasteiger partial charge is 0.251 e. The van der Waals surface area contributed by atoms with E-state index in [4.69, 9.17) is 4.74 Å². The number of hydrogen-bond acceptors (Lipinski definition) is 3. The number of nitrogens with one attached hydrogen (secondary N) is 2. The molecule has 1 aliphatic heterocycles. The van der Waals surface area contributed by atoms with Crippen molar-refractivity contribution in [3.05, 3.63) is 29.3 Å². The Hall–Kier alpha value is -1.55. The second-order valence-electron chi connectivity index (χ2n) is 5.82. The molecule has 2 fully saturated rings. The third-order valence-corrected chi connectivity index (χ3v) is 4.30. The lowest BCUT2D eigenvalue weighted by Crippen LogP contribution is -2.41. The molecule has 108 valence electrons. The fourth-order valence-corrected chi connectivity index (χ4v) is 2.99. The lowest BCUT2D eigenvalue weighted by molar-refractivity contribution is 0.0729. The van der Waals surface area contributed by atoms with Crippen LogP contribution in [0.25, 0.3) is 0 Å². The van der Waals surface area contributed by atoms with Crippen molar-refractivity contribution in [3.8, 4) is 0 Å². The molecule has 4 nitrogen and oxygen atoms in total. The molecule has 2 N–H and O–H groups in total. The molecule has 1 amide bonds. The largest absolute Gasteiger partial charge is 0.388 e. The Morgan fingerprint density at radius 3 is 2.75 bits per heavy atom. The summed E-state index contributed by atoms with van der Waals surface area (Å²) in [6.45, 7) is 2.78. The predicted octanol–water partition coefficient (Wildman–Crippen LogP) is 2.33. The number of rotatable bonds is 4. The predicted molar refractivity (Wildman–Crippen MR) is 79.1 cm³/mol. The van der Waals surface area contributed by atoms with E-state index in [0.717, 1.165) is 29.8 Å². The van der Waals surface area contributed by atoms with Crippen molar-refractivity contribution in [2.45, 2.75) is 38.3 Å². The number of aryl methyl sites for hydroxylation is 1. The topological polar surface area (TPSA) is 50.4 Å². The minimum absolute atomic E-state index is 0.0110. The zero-order valence-electron chi connectivity index (χ0n) is 12.1. The molecule has 2 aliphatic rings.